The average Bonchev–Trinajstić information content (AvgIpc) is 3.16. The molecule has 0 spiro atoms. The number of hydrogen-bond donors (Lipinski definition) is 2. The average molecular weight is 351 g/mol. The van der Waals surface area contributed by atoms with Crippen LogP contribution in [-0.4, -0.2) is 24.0 Å². The number of nitrogen functional groups attached to an aromatic ring is 1. The lowest BCUT2D eigenvalue weighted by atomic mass is 10.1. The lowest BCUT2D eigenvalue weighted by Gasteiger charge is -2.15. The molecule has 0 aliphatic carbocycles. The van der Waals surface area contributed by atoms with Crippen LogP contribution in [0.5, 0.6) is 0 Å². The third-order valence-corrected chi connectivity index (χ3v) is 3.77. The Balaban J connectivity index is 1.83. The molecule has 1 atom stereocenters. The maximum absolute atomic E-state index is 12.5. The molecule has 0 saturated heterocycles. The van der Waals surface area contributed by atoms with E-state index in [9.17, 15) is 9.59 Å². The van der Waals surface area contributed by atoms with Crippen molar-refractivity contribution in [2.24, 2.45) is 0 Å². The van der Waals surface area contributed by atoms with Crippen LogP contribution in [0.25, 0.3) is 11.5 Å². The summed E-state index contributed by atoms with van der Waals surface area (Å²) in [5.41, 5.74) is 7.59. The molecule has 3 N–H and O–H groups in total. The van der Waals surface area contributed by atoms with Crippen LogP contribution in [-0.2, 0) is 9.53 Å². The molecule has 0 aliphatic heterocycles. The topological polar surface area (TPSA) is 107 Å². The van der Waals surface area contributed by atoms with E-state index in [0.29, 0.717) is 16.8 Å². The summed E-state index contributed by atoms with van der Waals surface area (Å²) in [5, 5.41) is 2.61. The van der Waals surface area contributed by atoms with Gasteiger partial charge in [0.2, 0.25) is 5.89 Å². The zero-order valence-corrected chi connectivity index (χ0v) is 14.0. The fourth-order valence-corrected chi connectivity index (χ4v) is 2.44. The first-order valence-electron chi connectivity index (χ1n) is 7.84. The van der Waals surface area contributed by atoms with Gasteiger partial charge in [0.1, 0.15) is 6.26 Å². The number of methoxy groups -OCH3 is 1. The van der Waals surface area contributed by atoms with Gasteiger partial charge in [-0.25, -0.2) is 9.78 Å². The molecule has 3 rings (SSSR count). The summed E-state index contributed by atoms with van der Waals surface area (Å²) in [5.74, 6) is -0.920. The minimum Gasteiger partial charge on any atom is -0.467 e. The maximum atomic E-state index is 12.5. The Morgan fingerprint density at radius 3 is 2.50 bits per heavy atom. The zero-order chi connectivity index (χ0) is 18.5. The number of carbonyl (C=O) groups is 2. The van der Waals surface area contributed by atoms with Crippen LogP contribution in [0.15, 0.2) is 65.3 Å². The number of nitrogens with zero attached hydrogens (tertiary/aromatic N) is 1. The van der Waals surface area contributed by atoms with Crippen molar-refractivity contribution in [3.05, 3.63) is 72.1 Å². The molecule has 0 bridgehead atoms. The van der Waals surface area contributed by atoms with Gasteiger partial charge in [-0.05, 0) is 17.7 Å². The number of benzene rings is 2. The van der Waals surface area contributed by atoms with Crippen molar-refractivity contribution in [3.8, 4) is 11.5 Å². The Morgan fingerprint density at radius 1 is 1.12 bits per heavy atom. The van der Waals surface area contributed by atoms with Crippen molar-refractivity contribution < 1.29 is 18.7 Å². The van der Waals surface area contributed by atoms with Gasteiger partial charge >= 0.3 is 5.97 Å². The number of nitrogens with one attached hydrogen (secondary N) is 1. The normalized spacial score (nSPS) is 11.6. The quantitative estimate of drug-likeness (QED) is 0.540. The van der Waals surface area contributed by atoms with Crippen molar-refractivity contribution >= 4 is 17.6 Å². The molecule has 0 radical (unpaired) electrons. The predicted octanol–water partition coefficient (Wildman–Crippen LogP) is 2.57. The first-order valence-corrected chi connectivity index (χ1v) is 7.84. The van der Waals surface area contributed by atoms with Crippen LogP contribution in [0.4, 0.5) is 5.69 Å². The monoisotopic (exact) mass is 351 g/mol. The molecule has 1 heterocycles. The summed E-state index contributed by atoms with van der Waals surface area (Å²) < 4.78 is 10.1. The fraction of sp³-hybridized carbons (Fsp3) is 0.105. The van der Waals surface area contributed by atoms with Gasteiger partial charge in [0, 0.05) is 5.69 Å². The largest absolute Gasteiger partial charge is 0.467 e. The molecule has 0 saturated carbocycles. The van der Waals surface area contributed by atoms with Gasteiger partial charge in [0.25, 0.3) is 5.91 Å². The number of amides is 1. The number of para-hydroxylation sites is 1. The van der Waals surface area contributed by atoms with Crippen molar-refractivity contribution in [1.29, 1.82) is 0 Å². The highest BCUT2D eigenvalue weighted by Gasteiger charge is 2.25. The summed E-state index contributed by atoms with van der Waals surface area (Å²) in [6, 6.07) is 14.9. The molecule has 1 amide bonds. The van der Waals surface area contributed by atoms with Crippen molar-refractivity contribution in [2.45, 2.75) is 6.04 Å². The highest BCUT2D eigenvalue weighted by molar-refractivity contribution is 5.95. The van der Waals surface area contributed by atoms with Crippen LogP contribution in [0.3, 0.4) is 0 Å². The molecule has 0 aliphatic rings. The Hall–Kier alpha value is -3.61. The number of rotatable bonds is 5. The third kappa shape index (κ3) is 3.56. The first kappa shape index (κ1) is 17.2. The lowest BCUT2D eigenvalue weighted by Crippen LogP contribution is -2.34. The second-order valence-electron chi connectivity index (χ2n) is 5.47. The van der Waals surface area contributed by atoms with E-state index in [1.165, 1.54) is 13.4 Å². The van der Waals surface area contributed by atoms with E-state index in [2.05, 4.69) is 10.3 Å². The molecule has 0 fully saturated rings. The van der Waals surface area contributed by atoms with Crippen LogP contribution in [0.2, 0.25) is 0 Å². The fourth-order valence-electron chi connectivity index (χ4n) is 2.44. The van der Waals surface area contributed by atoms with Crippen LogP contribution in [0.1, 0.15) is 22.1 Å². The van der Waals surface area contributed by atoms with E-state index in [1.54, 1.807) is 48.5 Å². The molecular formula is C19H17N3O4. The van der Waals surface area contributed by atoms with Gasteiger partial charge < -0.3 is 20.2 Å². The maximum Gasteiger partial charge on any atom is 0.333 e. The summed E-state index contributed by atoms with van der Waals surface area (Å²) in [4.78, 5) is 28.7. The smallest absolute Gasteiger partial charge is 0.333 e. The molecule has 2 aromatic carbocycles. The highest BCUT2D eigenvalue weighted by Crippen LogP contribution is 2.25. The number of aromatic nitrogens is 1. The number of anilines is 1. The summed E-state index contributed by atoms with van der Waals surface area (Å²) in [6.07, 6.45) is 1.22. The Morgan fingerprint density at radius 2 is 1.81 bits per heavy atom. The van der Waals surface area contributed by atoms with E-state index in [0.717, 1.165) is 0 Å². The highest BCUT2D eigenvalue weighted by atomic mass is 16.5. The van der Waals surface area contributed by atoms with Gasteiger partial charge in [0.15, 0.2) is 11.7 Å². The van der Waals surface area contributed by atoms with Crippen LogP contribution in [0, 0.1) is 0 Å². The molecule has 3 aromatic rings. The zero-order valence-electron chi connectivity index (χ0n) is 14.0. The Labute approximate surface area is 149 Å². The number of nitrogens with two attached hydrogens (primary N) is 1. The van der Waals surface area contributed by atoms with Crippen molar-refractivity contribution in [3.63, 3.8) is 0 Å². The van der Waals surface area contributed by atoms with Gasteiger partial charge in [-0.2, -0.15) is 0 Å². The first-order chi connectivity index (χ1) is 12.6. The van der Waals surface area contributed by atoms with Gasteiger partial charge in [-0.3, -0.25) is 4.79 Å². The third-order valence-electron chi connectivity index (χ3n) is 3.77. The van der Waals surface area contributed by atoms with Crippen molar-refractivity contribution in [2.75, 3.05) is 12.8 Å². The Kier molecular flexibility index (Phi) is 4.98. The summed E-state index contributed by atoms with van der Waals surface area (Å²) in [6.45, 7) is 0. The molecule has 7 nitrogen and oxygen atoms in total. The molecule has 1 unspecified atom stereocenters. The van der Waals surface area contributed by atoms with E-state index < -0.39 is 17.9 Å². The number of esters is 1. The molecule has 7 heteroatoms. The molecule has 132 valence electrons. The molecular weight excluding hydrogens is 334 g/mol. The number of hydrogen-bond acceptors (Lipinski definition) is 6. The minimum atomic E-state index is -0.948. The van der Waals surface area contributed by atoms with Crippen LogP contribution >= 0.6 is 0 Å². The van der Waals surface area contributed by atoms with Crippen molar-refractivity contribution in [1.82, 2.24) is 10.3 Å². The SMILES string of the molecule is COC(=O)C(NC(=O)c1coc(-c2ccccc2N)n1)c1ccccc1. The molecule has 1 aromatic heterocycles. The van der Waals surface area contributed by atoms with E-state index >= 15 is 0 Å². The summed E-state index contributed by atoms with van der Waals surface area (Å²) in [7, 11) is 1.26. The van der Waals surface area contributed by atoms with Gasteiger partial charge in [-0.1, -0.05) is 42.5 Å². The second kappa shape index (κ2) is 7.52. The molecule has 26 heavy (non-hydrogen) atoms. The number of oxazole rings is 1. The van der Waals surface area contributed by atoms with Gasteiger partial charge in [-0.15, -0.1) is 0 Å². The Bertz CT molecular complexity index is 921. The minimum absolute atomic E-state index is 0.0353. The predicted molar refractivity (Wildman–Crippen MR) is 95.0 cm³/mol. The van der Waals surface area contributed by atoms with E-state index in [-0.39, 0.29) is 11.6 Å². The lowest BCUT2D eigenvalue weighted by molar-refractivity contribution is -0.143. The van der Waals surface area contributed by atoms with Crippen LogP contribution < -0.4 is 11.1 Å². The number of ether oxygens (including phenoxy) is 1. The standard InChI is InChI=1S/C19H17N3O4/c1-25-19(24)16(12-7-3-2-4-8-12)22-17(23)15-11-26-18(21-15)13-9-5-6-10-14(13)20/h2-11,16H,20H2,1H3,(H,22,23). The van der Waals surface area contributed by atoms with E-state index in [4.69, 9.17) is 14.9 Å². The number of carbonyl (C=O) groups excluding carboxylic acids is 2. The summed E-state index contributed by atoms with van der Waals surface area (Å²) >= 11 is 0. The second-order valence-corrected chi connectivity index (χ2v) is 5.47. The van der Waals surface area contributed by atoms with E-state index in [1.807, 2.05) is 6.07 Å². The van der Waals surface area contributed by atoms with Gasteiger partial charge in [0.05, 0.1) is 12.7 Å².